The van der Waals surface area contributed by atoms with Gasteiger partial charge in [-0.05, 0) is 80.6 Å². The first kappa shape index (κ1) is 25.0. The fourth-order valence-electron chi connectivity index (χ4n) is 8.33. The molecule has 3 nitrogen and oxygen atoms in total. The van der Waals surface area contributed by atoms with Crippen LogP contribution in [0, 0.1) is 28.6 Å². The Labute approximate surface area is 202 Å². The normalized spacial score (nSPS) is 37.7. The van der Waals surface area contributed by atoms with Crippen LogP contribution < -0.4 is 0 Å². The maximum atomic E-state index is 12.7. The third-order valence-electron chi connectivity index (χ3n) is 10.4. The van der Waals surface area contributed by atoms with Crippen LogP contribution in [0.15, 0.2) is 11.6 Å². The van der Waals surface area contributed by atoms with Gasteiger partial charge in [0.2, 0.25) is 0 Å². The average Bonchev–Trinajstić information content (AvgIpc) is 3.12. The van der Waals surface area contributed by atoms with Crippen LogP contribution in [-0.2, 0) is 14.3 Å². The first-order chi connectivity index (χ1) is 15.9. The van der Waals surface area contributed by atoms with Crippen LogP contribution >= 0.6 is 0 Å². The lowest BCUT2D eigenvalue weighted by Gasteiger charge is -2.57. The summed E-state index contributed by atoms with van der Waals surface area (Å²) in [5.74, 6) is 2.49. The summed E-state index contributed by atoms with van der Waals surface area (Å²) in [5.41, 5.74) is 1.82. The predicted molar refractivity (Wildman–Crippen MR) is 134 cm³/mol. The minimum Gasteiger partial charge on any atom is -0.462 e. The van der Waals surface area contributed by atoms with E-state index in [-0.39, 0.29) is 22.9 Å². The van der Waals surface area contributed by atoms with E-state index in [1.165, 1.54) is 69.8 Å². The van der Waals surface area contributed by atoms with Crippen LogP contribution in [0.25, 0.3) is 0 Å². The lowest BCUT2D eigenvalue weighted by Crippen LogP contribution is -2.51. The molecule has 0 aromatic carbocycles. The summed E-state index contributed by atoms with van der Waals surface area (Å²) in [5, 5.41) is 0. The lowest BCUT2D eigenvalue weighted by molar-refractivity contribution is -0.160. The summed E-state index contributed by atoms with van der Waals surface area (Å²) in [6, 6.07) is 0. The number of ketones is 1. The highest BCUT2D eigenvalue weighted by Crippen LogP contribution is 2.65. The van der Waals surface area contributed by atoms with Gasteiger partial charge >= 0.3 is 5.97 Å². The number of ether oxygens (including phenoxy) is 1. The molecule has 0 aliphatic heterocycles. The zero-order valence-corrected chi connectivity index (χ0v) is 21.6. The predicted octanol–water partition coefficient (Wildman–Crippen LogP) is 7.96. The highest BCUT2D eigenvalue weighted by atomic mass is 16.5. The molecule has 4 rings (SSSR count). The molecule has 0 N–H and O–H groups in total. The zero-order valence-electron chi connectivity index (χ0n) is 21.6. The van der Waals surface area contributed by atoms with Gasteiger partial charge in [0.15, 0.2) is 5.78 Å². The molecule has 0 aromatic rings. The SMILES string of the molecule is CCCCCCCCCCC(=O)OC1CCC2C3CCC4=CC(=O)CCC4(C)C3CCC12C. The van der Waals surface area contributed by atoms with E-state index < -0.39 is 0 Å². The smallest absolute Gasteiger partial charge is 0.306 e. The summed E-state index contributed by atoms with van der Waals surface area (Å²) < 4.78 is 6.17. The van der Waals surface area contributed by atoms with Crippen LogP contribution in [0.1, 0.15) is 130 Å². The van der Waals surface area contributed by atoms with E-state index in [2.05, 4.69) is 20.8 Å². The summed E-state index contributed by atoms with van der Waals surface area (Å²) >= 11 is 0. The molecule has 3 saturated carbocycles. The number of allylic oxidation sites excluding steroid dienone is 1. The molecule has 0 bridgehead atoms. The molecule has 4 aliphatic rings. The summed E-state index contributed by atoms with van der Waals surface area (Å²) in [4.78, 5) is 24.7. The Bertz CT molecular complexity index is 739. The number of fused-ring (bicyclic) bond motifs is 5. The molecule has 0 aromatic heterocycles. The van der Waals surface area contributed by atoms with Gasteiger partial charge < -0.3 is 4.74 Å². The number of rotatable bonds is 10. The van der Waals surface area contributed by atoms with Crippen molar-refractivity contribution in [3.05, 3.63) is 11.6 Å². The van der Waals surface area contributed by atoms with E-state index in [4.69, 9.17) is 4.74 Å². The van der Waals surface area contributed by atoms with Crippen LogP contribution in [0.2, 0.25) is 0 Å². The molecule has 0 saturated heterocycles. The minimum atomic E-state index is 0.0431. The van der Waals surface area contributed by atoms with Crippen LogP contribution in [0.3, 0.4) is 0 Å². The molecule has 186 valence electrons. The van der Waals surface area contributed by atoms with Crippen molar-refractivity contribution in [2.75, 3.05) is 0 Å². The first-order valence-electron chi connectivity index (χ1n) is 14.3. The van der Waals surface area contributed by atoms with Crippen molar-refractivity contribution < 1.29 is 14.3 Å². The first-order valence-corrected chi connectivity index (χ1v) is 14.3. The number of hydrogen-bond acceptors (Lipinski definition) is 3. The molecule has 0 radical (unpaired) electrons. The van der Waals surface area contributed by atoms with Gasteiger partial charge in [-0.2, -0.15) is 0 Å². The molecule has 0 heterocycles. The fraction of sp³-hybridized carbons (Fsp3) is 0.867. The summed E-state index contributed by atoms with van der Waals surface area (Å²) in [6.07, 6.45) is 21.5. The van der Waals surface area contributed by atoms with Gasteiger partial charge in [-0.3, -0.25) is 9.59 Å². The van der Waals surface area contributed by atoms with Gasteiger partial charge in [-0.25, -0.2) is 0 Å². The molecule has 6 unspecified atom stereocenters. The van der Waals surface area contributed by atoms with Crippen molar-refractivity contribution in [3.63, 3.8) is 0 Å². The molecule has 0 spiro atoms. The maximum absolute atomic E-state index is 12.7. The number of unbranched alkanes of at least 4 members (excludes halogenated alkanes) is 7. The van der Waals surface area contributed by atoms with E-state index >= 15 is 0 Å². The highest BCUT2D eigenvalue weighted by molar-refractivity contribution is 5.91. The average molecular weight is 457 g/mol. The third kappa shape index (κ3) is 5.13. The number of carbonyl (C=O) groups is 2. The van der Waals surface area contributed by atoms with Gasteiger partial charge in [-0.1, -0.05) is 71.3 Å². The largest absolute Gasteiger partial charge is 0.462 e. The van der Waals surface area contributed by atoms with Crippen LogP contribution in [0.5, 0.6) is 0 Å². The molecule has 6 atom stereocenters. The second kappa shape index (κ2) is 10.6. The van der Waals surface area contributed by atoms with E-state index in [0.29, 0.717) is 24.0 Å². The van der Waals surface area contributed by atoms with E-state index in [1.807, 2.05) is 6.08 Å². The van der Waals surface area contributed by atoms with E-state index in [9.17, 15) is 9.59 Å². The molecular formula is C30H48O3. The molecule has 33 heavy (non-hydrogen) atoms. The van der Waals surface area contributed by atoms with E-state index in [0.717, 1.165) is 44.4 Å². The Morgan fingerprint density at radius 2 is 1.64 bits per heavy atom. The topological polar surface area (TPSA) is 43.4 Å². The minimum absolute atomic E-state index is 0.0431. The molecule has 3 heteroatoms. The van der Waals surface area contributed by atoms with E-state index in [1.54, 1.807) is 0 Å². The third-order valence-corrected chi connectivity index (χ3v) is 10.4. The fourth-order valence-corrected chi connectivity index (χ4v) is 8.33. The van der Waals surface area contributed by atoms with Gasteiger partial charge in [-0.15, -0.1) is 0 Å². The van der Waals surface area contributed by atoms with Crippen molar-refractivity contribution in [1.29, 1.82) is 0 Å². The van der Waals surface area contributed by atoms with Crippen molar-refractivity contribution in [3.8, 4) is 0 Å². The summed E-state index contributed by atoms with van der Waals surface area (Å²) in [7, 11) is 0. The summed E-state index contributed by atoms with van der Waals surface area (Å²) in [6.45, 7) is 7.13. The Kier molecular flexibility index (Phi) is 8.06. The van der Waals surface area contributed by atoms with Crippen LogP contribution in [-0.4, -0.2) is 17.9 Å². The maximum Gasteiger partial charge on any atom is 0.306 e. The number of hydrogen-bond donors (Lipinski definition) is 0. The highest BCUT2D eigenvalue weighted by Gasteiger charge is 2.59. The second-order valence-electron chi connectivity index (χ2n) is 12.3. The number of esters is 1. The lowest BCUT2D eigenvalue weighted by atomic mass is 9.47. The monoisotopic (exact) mass is 456 g/mol. The van der Waals surface area contributed by atoms with Gasteiger partial charge in [0.05, 0.1) is 0 Å². The van der Waals surface area contributed by atoms with Crippen molar-refractivity contribution in [1.82, 2.24) is 0 Å². The van der Waals surface area contributed by atoms with Crippen molar-refractivity contribution in [2.45, 2.75) is 136 Å². The number of carbonyl (C=O) groups excluding carboxylic acids is 2. The van der Waals surface area contributed by atoms with Crippen molar-refractivity contribution in [2.24, 2.45) is 28.6 Å². The van der Waals surface area contributed by atoms with Crippen molar-refractivity contribution >= 4 is 11.8 Å². The van der Waals surface area contributed by atoms with Gasteiger partial charge in [0, 0.05) is 18.3 Å². The molecule has 4 aliphatic carbocycles. The standard InChI is InChI=1S/C30H48O3/c1-4-5-6-7-8-9-10-11-12-28(32)33-27-16-15-25-24-14-13-22-21-23(31)17-19-29(22,2)26(24)18-20-30(25,27)3/h21,24-27H,4-20H2,1-3H3. The molecule has 0 amide bonds. The Morgan fingerprint density at radius 1 is 0.909 bits per heavy atom. The Hall–Kier alpha value is -1.12. The molecular weight excluding hydrogens is 408 g/mol. The zero-order chi connectivity index (χ0) is 23.5. The Balaban J connectivity index is 1.27. The Morgan fingerprint density at radius 3 is 2.39 bits per heavy atom. The van der Waals surface area contributed by atoms with Gasteiger partial charge in [0.25, 0.3) is 0 Å². The second-order valence-corrected chi connectivity index (χ2v) is 12.3. The van der Waals surface area contributed by atoms with Crippen LogP contribution in [0.4, 0.5) is 0 Å². The molecule has 3 fully saturated rings. The van der Waals surface area contributed by atoms with Gasteiger partial charge in [0.1, 0.15) is 6.10 Å². The quantitative estimate of drug-likeness (QED) is 0.247.